The monoisotopic (exact) mass is 383 g/mol. The number of esters is 1. The maximum atomic E-state index is 12.1. The smallest absolute Gasteiger partial charge is 0.331 e. The van der Waals surface area contributed by atoms with Crippen LogP contribution in [0.2, 0.25) is 0 Å². The van der Waals surface area contributed by atoms with Crippen molar-refractivity contribution in [3.63, 3.8) is 0 Å². The van der Waals surface area contributed by atoms with Crippen molar-refractivity contribution < 1.29 is 14.3 Å². The number of carbonyl (C=O) groups excluding carboxylic acids is 1. The number of imidazole rings is 1. The van der Waals surface area contributed by atoms with Gasteiger partial charge in [0, 0.05) is 0 Å². The van der Waals surface area contributed by atoms with Crippen LogP contribution in [0.15, 0.2) is 15.9 Å². The summed E-state index contributed by atoms with van der Waals surface area (Å²) < 4.78 is 23.7. The van der Waals surface area contributed by atoms with Crippen molar-refractivity contribution in [2.45, 2.75) is 46.1 Å². The molecule has 2 rings (SSSR count). The van der Waals surface area contributed by atoms with Crippen LogP contribution in [0.3, 0.4) is 0 Å². The minimum absolute atomic E-state index is 0.00705. The Labute approximate surface area is 153 Å². The molecule has 0 aliphatic rings. The summed E-state index contributed by atoms with van der Waals surface area (Å²) in [6.45, 7) is 5.73. The number of nitrogens with one attached hydrogen (secondary N) is 1. The SMILES string of the molecule is [2H]P=NC(C(=O)OCC(CC)OCn1cnc2c(=O)[nH]c(N)nc21)C(C)C. The molecular weight excluding hydrogens is 359 g/mol. The minimum atomic E-state index is -0.668. The highest BCUT2D eigenvalue weighted by Crippen LogP contribution is 2.12. The van der Waals surface area contributed by atoms with E-state index < -0.39 is 17.6 Å². The molecule has 0 spiro atoms. The van der Waals surface area contributed by atoms with E-state index >= 15 is 0 Å². The fourth-order valence-electron chi connectivity index (χ4n) is 2.25. The lowest BCUT2D eigenvalue weighted by Crippen LogP contribution is -2.30. The van der Waals surface area contributed by atoms with Gasteiger partial charge in [0.05, 0.1) is 12.4 Å². The Hall–Kier alpha value is -2.32. The molecule has 0 aliphatic heterocycles. The second-order valence-corrected chi connectivity index (χ2v) is 6.33. The number of carbonyl (C=O) groups is 1. The van der Waals surface area contributed by atoms with Crippen molar-refractivity contribution in [2.75, 3.05) is 12.3 Å². The zero-order valence-electron chi connectivity index (χ0n) is 15.9. The van der Waals surface area contributed by atoms with Crippen LogP contribution in [-0.4, -0.2) is 45.5 Å². The predicted octanol–water partition coefficient (Wildman–Crippen LogP) is 1.35. The predicted molar refractivity (Wildman–Crippen MR) is 98.1 cm³/mol. The van der Waals surface area contributed by atoms with E-state index in [0.717, 1.165) is 0 Å². The molecule has 2 unspecified atom stereocenters. The van der Waals surface area contributed by atoms with Crippen LogP contribution in [0, 0.1) is 5.92 Å². The zero-order valence-corrected chi connectivity index (χ0v) is 15.8. The maximum absolute atomic E-state index is 12.1. The summed E-state index contributed by atoms with van der Waals surface area (Å²) in [6, 6.07) is -0.668. The van der Waals surface area contributed by atoms with Gasteiger partial charge in [-0.25, -0.2) is 9.78 Å². The van der Waals surface area contributed by atoms with Gasteiger partial charge >= 0.3 is 5.97 Å². The van der Waals surface area contributed by atoms with E-state index in [9.17, 15) is 9.59 Å². The average Bonchev–Trinajstić information content (AvgIpc) is 3.02. The van der Waals surface area contributed by atoms with Crippen LogP contribution in [-0.2, 0) is 21.0 Å². The fourth-order valence-corrected chi connectivity index (χ4v) is 2.61. The summed E-state index contributed by atoms with van der Waals surface area (Å²) in [6.07, 6.45) is 1.69. The van der Waals surface area contributed by atoms with Crippen LogP contribution < -0.4 is 11.3 Å². The van der Waals surface area contributed by atoms with E-state index in [-0.39, 0.29) is 45.8 Å². The summed E-state index contributed by atoms with van der Waals surface area (Å²) in [5.74, 6) is -0.531. The van der Waals surface area contributed by atoms with Gasteiger partial charge in [0.2, 0.25) is 5.95 Å². The van der Waals surface area contributed by atoms with Gasteiger partial charge in [0.1, 0.15) is 14.6 Å². The van der Waals surface area contributed by atoms with Crippen molar-refractivity contribution in [1.29, 1.82) is 1.28 Å². The second kappa shape index (κ2) is 8.86. The number of nitrogen functional groups attached to an aromatic ring is 1. The number of hydrogen-bond acceptors (Lipinski definition) is 8. The van der Waals surface area contributed by atoms with Gasteiger partial charge < -0.3 is 15.2 Å². The van der Waals surface area contributed by atoms with E-state index in [2.05, 4.69) is 19.7 Å². The van der Waals surface area contributed by atoms with Gasteiger partial charge in [-0.3, -0.25) is 19.1 Å². The number of aromatic amines is 1. The number of ether oxygens (including phenoxy) is 2. The Morgan fingerprint density at radius 3 is 3.00 bits per heavy atom. The molecule has 2 aromatic heterocycles. The van der Waals surface area contributed by atoms with Crippen LogP contribution in [0.5, 0.6) is 0 Å². The quantitative estimate of drug-likeness (QED) is 0.492. The molecule has 0 amide bonds. The number of aromatic nitrogens is 4. The molecule has 10 nitrogen and oxygen atoms in total. The Balaban J connectivity index is 1.98. The van der Waals surface area contributed by atoms with E-state index in [4.69, 9.17) is 16.5 Å². The average molecular weight is 383 g/mol. The first kappa shape index (κ1) is 18.5. The lowest BCUT2D eigenvalue weighted by atomic mass is 10.1. The third kappa shape index (κ3) is 4.64. The Bertz CT molecular complexity index is 868. The second-order valence-electron chi connectivity index (χ2n) is 6.10. The number of anilines is 1. The molecule has 2 aromatic rings. The number of fused-ring (bicyclic) bond motifs is 1. The summed E-state index contributed by atoms with van der Waals surface area (Å²) in [5, 5.41) is 0. The molecule has 142 valence electrons. The molecule has 3 N–H and O–H groups in total. The highest BCUT2D eigenvalue weighted by atomic mass is 31.0. The first-order chi connectivity index (χ1) is 12.9. The summed E-state index contributed by atoms with van der Waals surface area (Å²) in [5.41, 5.74) is 5.63. The molecule has 11 heteroatoms. The van der Waals surface area contributed by atoms with E-state index in [1.807, 2.05) is 20.8 Å². The van der Waals surface area contributed by atoms with E-state index in [1.54, 1.807) is 4.57 Å². The van der Waals surface area contributed by atoms with Gasteiger partial charge in [-0.2, -0.15) is 4.98 Å². The van der Waals surface area contributed by atoms with Crippen molar-refractivity contribution >= 4 is 32.1 Å². The highest BCUT2D eigenvalue weighted by molar-refractivity contribution is 7.04. The van der Waals surface area contributed by atoms with Crippen LogP contribution in [0.4, 0.5) is 5.95 Å². The van der Waals surface area contributed by atoms with Crippen molar-refractivity contribution in [1.82, 2.24) is 19.5 Å². The fraction of sp³-hybridized carbons (Fsp3) is 0.600. The first-order valence-electron chi connectivity index (χ1n) is 8.65. The van der Waals surface area contributed by atoms with Gasteiger partial charge in [-0.15, -0.1) is 0 Å². The molecule has 0 radical (unpaired) electrons. The Morgan fingerprint density at radius 1 is 1.58 bits per heavy atom. The molecule has 2 heterocycles. The lowest BCUT2D eigenvalue weighted by Gasteiger charge is -2.19. The third-order valence-electron chi connectivity index (χ3n) is 3.81. The molecule has 0 aliphatic carbocycles. The zero-order chi connectivity index (χ0) is 20.0. The molecule has 26 heavy (non-hydrogen) atoms. The normalized spacial score (nSPS) is 14.7. The van der Waals surface area contributed by atoms with Gasteiger partial charge in [0.15, 0.2) is 17.2 Å². The van der Waals surface area contributed by atoms with Crippen LogP contribution in [0.1, 0.15) is 27.2 Å². The third-order valence-corrected chi connectivity index (χ3v) is 4.06. The molecule has 0 saturated carbocycles. The van der Waals surface area contributed by atoms with Crippen LogP contribution in [0.25, 0.3) is 11.2 Å². The van der Waals surface area contributed by atoms with Crippen molar-refractivity contribution in [2.24, 2.45) is 10.7 Å². The molecule has 0 bridgehead atoms. The van der Waals surface area contributed by atoms with Gasteiger partial charge in [-0.1, -0.05) is 20.8 Å². The van der Waals surface area contributed by atoms with Crippen molar-refractivity contribution in [3.05, 3.63) is 16.7 Å². The maximum Gasteiger partial charge on any atom is 0.331 e. The highest BCUT2D eigenvalue weighted by Gasteiger charge is 2.23. The molecule has 0 saturated heterocycles. The molecule has 0 fully saturated rings. The first-order valence-corrected chi connectivity index (χ1v) is 8.60. The number of hydrogen-bond donors (Lipinski definition) is 2. The topological polar surface area (TPSA) is 137 Å². The van der Waals surface area contributed by atoms with Gasteiger partial charge in [-0.05, 0) is 21.3 Å². The van der Waals surface area contributed by atoms with Crippen LogP contribution >= 0.6 is 8.98 Å². The largest absolute Gasteiger partial charge is 0.461 e. The molecular formula is C15H23N6O4P. The van der Waals surface area contributed by atoms with E-state index in [0.29, 0.717) is 12.1 Å². The number of H-pyrrole nitrogens is 1. The standard InChI is InChI=1S/C15H23N6O4P/c1-4-9(5-24-14(23)10(20-26)8(2)3)25-7-21-6-17-11-12(21)18-15(16)19-13(11)22/h6,8-10,26H,4-5,7H2,1-3H3,(H3,16,18,19,22)/i26D. The summed E-state index contributed by atoms with van der Waals surface area (Å²) >= 11 is 0. The number of nitrogens with two attached hydrogens (primary N) is 1. The number of rotatable bonds is 9. The van der Waals surface area contributed by atoms with Gasteiger partial charge in [0.25, 0.3) is 5.56 Å². The lowest BCUT2D eigenvalue weighted by molar-refractivity contribution is -0.151. The summed E-state index contributed by atoms with van der Waals surface area (Å²) in [4.78, 5) is 34.4. The Kier molecular flexibility index (Phi) is 6.30. The number of nitrogens with zero attached hydrogens (tertiary/aromatic N) is 4. The van der Waals surface area contributed by atoms with E-state index in [1.165, 1.54) is 6.33 Å². The molecule has 0 aromatic carbocycles. The van der Waals surface area contributed by atoms with Crippen molar-refractivity contribution in [3.8, 4) is 0 Å². The molecule has 2 atom stereocenters. The summed E-state index contributed by atoms with van der Waals surface area (Å²) in [7, 11) is 0.0446. The minimum Gasteiger partial charge on any atom is -0.461 e. The Morgan fingerprint density at radius 2 is 2.35 bits per heavy atom.